The molecule has 2 heterocycles. The maximum Gasteiger partial charge on any atom is 0.232 e. The van der Waals surface area contributed by atoms with Crippen molar-refractivity contribution in [3.63, 3.8) is 0 Å². The highest BCUT2D eigenvalue weighted by Gasteiger charge is 2.21. The van der Waals surface area contributed by atoms with E-state index in [1.54, 1.807) is 0 Å². The summed E-state index contributed by atoms with van der Waals surface area (Å²) < 4.78 is 10.3. The van der Waals surface area contributed by atoms with Gasteiger partial charge in [0.1, 0.15) is 6.61 Å². The van der Waals surface area contributed by atoms with Crippen molar-refractivity contribution in [2.45, 2.75) is 25.4 Å². The Morgan fingerprint density at radius 2 is 2.46 bits per heavy atom. The first-order valence-electron chi connectivity index (χ1n) is 4.41. The van der Waals surface area contributed by atoms with E-state index < -0.39 is 0 Å². The largest absolute Gasteiger partial charge is 0.388 e. The van der Waals surface area contributed by atoms with Gasteiger partial charge in [-0.25, -0.2) is 0 Å². The third-order valence-corrected chi connectivity index (χ3v) is 2.13. The summed E-state index contributed by atoms with van der Waals surface area (Å²) in [5.74, 6) is 1.14. The van der Waals surface area contributed by atoms with Gasteiger partial charge in [-0.3, -0.25) is 0 Å². The topological polar surface area (TPSA) is 68.4 Å². The van der Waals surface area contributed by atoms with E-state index in [1.165, 1.54) is 0 Å². The number of aliphatic hydroxyl groups excluding tert-OH is 1. The zero-order chi connectivity index (χ0) is 9.10. The van der Waals surface area contributed by atoms with Gasteiger partial charge in [0.15, 0.2) is 5.82 Å². The minimum atomic E-state index is -0.170. The molecule has 72 valence electrons. The molecule has 0 aliphatic carbocycles. The number of ether oxygens (including phenoxy) is 1. The molecule has 0 bridgehead atoms. The Hall–Kier alpha value is -0.940. The molecule has 1 fully saturated rings. The summed E-state index contributed by atoms with van der Waals surface area (Å²) in [6.07, 6.45) is 2.05. The predicted octanol–water partition coefficient (Wildman–Crippen LogP) is 0.456. The van der Waals surface area contributed by atoms with Crippen LogP contribution in [0.15, 0.2) is 4.52 Å². The summed E-state index contributed by atoms with van der Waals surface area (Å²) >= 11 is 0. The average Bonchev–Trinajstić information content (AvgIpc) is 2.67. The molecule has 1 N–H and O–H groups in total. The Bertz CT molecular complexity index is 268. The molecule has 0 saturated carbocycles. The van der Waals surface area contributed by atoms with Gasteiger partial charge in [-0.15, -0.1) is 0 Å². The lowest BCUT2D eigenvalue weighted by Gasteiger charge is -2.17. The number of aromatic nitrogens is 2. The zero-order valence-corrected chi connectivity index (χ0v) is 7.27. The molecule has 13 heavy (non-hydrogen) atoms. The van der Waals surface area contributed by atoms with Crippen LogP contribution in [0, 0.1) is 0 Å². The molecule has 1 unspecified atom stereocenters. The van der Waals surface area contributed by atoms with E-state index in [-0.39, 0.29) is 12.5 Å². The van der Waals surface area contributed by atoms with Crippen LogP contribution in [0.25, 0.3) is 0 Å². The van der Waals surface area contributed by atoms with E-state index in [0.29, 0.717) is 18.3 Å². The molecular weight excluding hydrogens is 172 g/mol. The third-order valence-electron chi connectivity index (χ3n) is 2.13. The fourth-order valence-electron chi connectivity index (χ4n) is 1.43. The molecule has 5 heteroatoms. The summed E-state index contributed by atoms with van der Waals surface area (Å²) in [6.45, 7) is 1.29. The first kappa shape index (κ1) is 8.65. The normalized spacial score (nSPS) is 23.3. The van der Waals surface area contributed by atoms with Gasteiger partial charge in [-0.05, 0) is 12.8 Å². The first-order chi connectivity index (χ1) is 6.40. The number of aliphatic hydroxyl groups is 1. The van der Waals surface area contributed by atoms with Crippen LogP contribution in [-0.4, -0.2) is 28.5 Å². The number of hydrogen-bond acceptors (Lipinski definition) is 5. The van der Waals surface area contributed by atoms with Gasteiger partial charge in [-0.2, -0.15) is 4.98 Å². The standard InChI is InChI=1S/C8H12N2O3/c11-4-7-9-8(13-10-7)6-2-1-3-12-5-6/h6,11H,1-5H2. The number of hydrogen-bond donors (Lipinski definition) is 1. The van der Waals surface area contributed by atoms with Gasteiger partial charge < -0.3 is 14.4 Å². The fraction of sp³-hybridized carbons (Fsp3) is 0.750. The maximum absolute atomic E-state index is 8.73. The van der Waals surface area contributed by atoms with E-state index in [1.807, 2.05) is 0 Å². The SMILES string of the molecule is OCc1noc(C2CCCOC2)n1. The van der Waals surface area contributed by atoms with Crippen molar-refractivity contribution in [3.05, 3.63) is 11.7 Å². The van der Waals surface area contributed by atoms with E-state index in [2.05, 4.69) is 10.1 Å². The second-order valence-electron chi connectivity index (χ2n) is 3.12. The molecule has 1 aromatic heterocycles. The van der Waals surface area contributed by atoms with Crippen molar-refractivity contribution in [3.8, 4) is 0 Å². The summed E-state index contributed by atoms with van der Waals surface area (Å²) in [5, 5.41) is 12.4. The lowest BCUT2D eigenvalue weighted by Crippen LogP contribution is -2.15. The Morgan fingerprint density at radius 1 is 1.54 bits per heavy atom. The lowest BCUT2D eigenvalue weighted by molar-refractivity contribution is 0.0705. The van der Waals surface area contributed by atoms with Crippen LogP contribution >= 0.6 is 0 Å². The van der Waals surface area contributed by atoms with Crippen LogP contribution in [0.4, 0.5) is 0 Å². The van der Waals surface area contributed by atoms with Gasteiger partial charge in [0.25, 0.3) is 0 Å². The van der Waals surface area contributed by atoms with Crippen molar-refractivity contribution >= 4 is 0 Å². The molecule has 2 rings (SSSR count). The smallest absolute Gasteiger partial charge is 0.232 e. The molecule has 1 aromatic rings. The monoisotopic (exact) mass is 184 g/mol. The van der Waals surface area contributed by atoms with E-state index in [4.69, 9.17) is 14.4 Å². The van der Waals surface area contributed by atoms with Crippen LogP contribution in [0.5, 0.6) is 0 Å². The van der Waals surface area contributed by atoms with Crippen molar-refractivity contribution in [1.29, 1.82) is 0 Å². The Balaban J connectivity index is 2.05. The molecule has 1 atom stereocenters. The highest BCUT2D eigenvalue weighted by atomic mass is 16.5. The average molecular weight is 184 g/mol. The number of rotatable bonds is 2. The summed E-state index contributed by atoms with van der Waals surface area (Å²) in [6, 6.07) is 0. The van der Waals surface area contributed by atoms with E-state index in [9.17, 15) is 0 Å². The molecule has 1 aliphatic heterocycles. The van der Waals surface area contributed by atoms with Crippen LogP contribution in [0.1, 0.15) is 30.5 Å². The molecule has 1 saturated heterocycles. The minimum absolute atomic E-state index is 0.170. The van der Waals surface area contributed by atoms with Crippen molar-refractivity contribution in [2.24, 2.45) is 0 Å². The van der Waals surface area contributed by atoms with Gasteiger partial charge in [0.05, 0.1) is 12.5 Å². The fourth-order valence-corrected chi connectivity index (χ4v) is 1.43. The van der Waals surface area contributed by atoms with Gasteiger partial charge in [0.2, 0.25) is 5.89 Å². The highest BCUT2D eigenvalue weighted by Crippen LogP contribution is 2.23. The Kier molecular flexibility index (Phi) is 2.56. The Labute approximate surface area is 75.7 Å². The molecule has 0 radical (unpaired) electrons. The lowest BCUT2D eigenvalue weighted by atomic mass is 10.0. The van der Waals surface area contributed by atoms with Crippen LogP contribution in [0.2, 0.25) is 0 Å². The van der Waals surface area contributed by atoms with Crippen LogP contribution < -0.4 is 0 Å². The van der Waals surface area contributed by atoms with Gasteiger partial charge in [0, 0.05) is 6.61 Å². The summed E-state index contributed by atoms with van der Waals surface area (Å²) in [4.78, 5) is 4.04. The highest BCUT2D eigenvalue weighted by molar-refractivity contribution is 4.94. The zero-order valence-electron chi connectivity index (χ0n) is 7.27. The second-order valence-corrected chi connectivity index (χ2v) is 3.12. The second kappa shape index (κ2) is 3.85. The van der Waals surface area contributed by atoms with Crippen molar-refractivity contribution in [2.75, 3.05) is 13.2 Å². The van der Waals surface area contributed by atoms with E-state index in [0.717, 1.165) is 19.4 Å². The maximum atomic E-state index is 8.73. The van der Waals surface area contributed by atoms with Crippen molar-refractivity contribution in [1.82, 2.24) is 10.1 Å². The van der Waals surface area contributed by atoms with Crippen LogP contribution in [-0.2, 0) is 11.3 Å². The Morgan fingerprint density at radius 3 is 3.08 bits per heavy atom. The molecule has 1 aliphatic rings. The third kappa shape index (κ3) is 1.87. The number of nitrogens with zero attached hydrogens (tertiary/aromatic N) is 2. The first-order valence-corrected chi connectivity index (χ1v) is 4.41. The van der Waals surface area contributed by atoms with E-state index >= 15 is 0 Å². The molecule has 0 aromatic carbocycles. The summed E-state index contributed by atoms with van der Waals surface area (Å²) in [5.41, 5.74) is 0. The van der Waals surface area contributed by atoms with Crippen molar-refractivity contribution < 1.29 is 14.4 Å². The molecular formula is C8H12N2O3. The molecule has 5 nitrogen and oxygen atoms in total. The minimum Gasteiger partial charge on any atom is -0.388 e. The van der Waals surface area contributed by atoms with Crippen LogP contribution in [0.3, 0.4) is 0 Å². The summed E-state index contributed by atoms with van der Waals surface area (Å²) in [7, 11) is 0. The molecule has 0 amide bonds. The quantitative estimate of drug-likeness (QED) is 0.723. The predicted molar refractivity (Wildman–Crippen MR) is 43.0 cm³/mol. The van der Waals surface area contributed by atoms with Gasteiger partial charge >= 0.3 is 0 Å². The molecule has 0 spiro atoms. The van der Waals surface area contributed by atoms with Gasteiger partial charge in [-0.1, -0.05) is 5.16 Å².